The number of aromatic nitrogens is 2. The Morgan fingerprint density at radius 2 is 2.44 bits per heavy atom. The molecule has 88 valence electrons. The highest BCUT2D eigenvalue weighted by Crippen LogP contribution is 2.15. The zero-order chi connectivity index (χ0) is 11.5. The van der Waals surface area contributed by atoms with Gasteiger partial charge in [0.15, 0.2) is 0 Å². The monoisotopic (exact) mass is 222 g/mol. The van der Waals surface area contributed by atoms with Crippen molar-refractivity contribution in [3.8, 4) is 0 Å². The molecule has 1 unspecified atom stereocenters. The van der Waals surface area contributed by atoms with Crippen LogP contribution in [0.15, 0.2) is 6.07 Å². The van der Waals surface area contributed by atoms with E-state index in [0.717, 1.165) is 30.9 Å². The SMILES string of the molecule is Cc1cc(NC2CCCNC(=O)C2)n(C)n1. The summed E-state index contributed by atoms with van der Waals surface area (Å²) in [7, 11) is 1.91. The standard InChI is InChI=1S/C11H18N4O/c1-8-6-10(15(2)14-8)13-9-4-3-5-12-11(16)7-9/h6,9,13H,3-5,7H2,1-2H3,(H,12,16). The molecule has 1 aliphatic rings. The van der Waals surface area contributed by atoms with Gasteiger partial charge in [-0.2, -0.15) is 5.10 Å². The summed E-state index contributed by atoms with van der Waals surface area (Å²) in [6.07, 6.45) is 2.59. The van der Waals surface area contributed by atoms with Gasteiger partial charge in [-0.05, 0) is 19.8 Å². The van der Waals surface area contributed by atoms with Crippen LogP contribution in [0.2, 0.25) is 0 Å². The molecule has 1 amide bonds. The van der Waals surface area contributed by atoms with E-state index in [2.05, 4.69) is 15.7 Å². The number of hydrogen-bond acceptors (Lipinski definition) is 3. The van der Waals surface area contributed by atoms with Crippen molar-refractivity contribution in [2.24, 2.45) is 7.05 Å². The molecular weight excluding hydrogens is 204 g/mol. The molecule has 0 aliphatic carbocycles. The van der Waals surface area contributed by atoms with Gasteiger partial charge in [0, 0.05) is 32.1 Å². The number of nitrogens with zero attached hydrogens (tertiary/aromatic N) is 2. The summed E-state index contributed by atoms with van der Waals surface area (Å²) in [4.78, 5) is 11.4. The van der Waals surface area contributed by atoms with Crippen molar-refractivity contribution >= 4 is 11.7 Å². The summed E-state index contributed by atoms with van der Waals surface area (Å²) in [5.74, 6) is 1.12. The van der Waals surface area contributed by atoms with Gasteiger partial charge in [0.25, 0.3) is 0 Å². The van der Waals surface area contributed by atoms with Crippen LogP contribution in [0.4, 0.5) is 5.82 Å². The Hall–Kier alpha value is -1.52. The number of anilines is 1. The third-order valence-corrected chi connectivity index (χ3v) is 2.84. The second-order valence-electron chi connectivity index (χ2n) is 4.33. The second kappa shape index (κ2) is 4.55. The molecule has 16 heavy (non-hydrogen) atoms. The maximum atomic E-state index is 11.4. The lowest BCUT2D eigenvalue weighted by atomic mass is 10.1. The lowest BCUT2D eigenvalue weighted by Crippen LogP contribution is -2.27. The van der Waals surface area contributed by atoms with Crippen LogP contribution in [0, 0.1) is 6.92 Å². The van der Waals surface area contributed by atoms with Crippen molar-refractivity contribution in [3.63, 3.8) is 0 Å². The highest BCUT2D eigenvalue weighted by molar-refractivity contribution is 5.77. The Labute approximate surface area is 95.2 Å². The summed E-state index contributed by atoms with van der Waals surface area (Å²) < 4.78 is 1.82. The van der Waals surface area contributed by atoms with Crippen LogP contribution in [-0.2, 0) is 11.8 Å². The van der Waals surface area contributed by atoms with E-state index in [-0.39, 0.29) is 11.9 Å². The molecule has 1 saturated heterocycles. The Morgan fingerprint density at radius 3 is 3.12 bits per heavy atom. The number of hydrogen-bond donors (Lipinski definition) is 2. The second-order valence-corrected chi connectivity index (χ2v) is 4.33. The minimum absolute atomic E-state index is 0.133. The first-order valence-electron chi connectivity index (χ1n) is 5.69. The van der Waals surface area contributed by atoms with Crippen LogP contribution >= 0.6 is 0 Å². The minimum Gasteiger partial charge on any atom is -0.367 e. The fourth-order valence-corrected chi connectivity index (χ4v) is 2.05. The molecular formula is C11H18N4O. The Bertz CT molecular complexity index is 385. The van der Waals surface area contributed by atoms with Crippen molar-refractivity contribution in [1.82, 2.24) is 15.1 Å². The molecule has 1 atom stereocenters. The van der Waals surface area contributed by atoms with Gasteiger partial charge >= 0.3 is 0 Å². The quantitative estimate of drug-likeness (QED) is 0.778. The van der Waals surface area contributed by atoms with Gasteiger partial charge in [0.1, 0.15) is 5.82 Å². The maximum absolute atomic E-state index is 11.4. The average Bonchev–Trinajstić information content (AvgIpc) is 2.42. The van der Waals surface area contributed by atoms with Crippen LogP contribution in [-0.4, -0.2) is 28.3 Å². The zero-order valence-corrected chi connectivity index (χ0v) is 9.79. The Balaban J connectivity index is 2.02. The van der Waals surface area contributed by atoms with Gasteiger partial charge < -0.3 is 10.6 Å². The minimum atomic E-state index is 0.133. The molecule has 1 fully saturated rings. The molecule has 5 nitrogen and oxygen atoms in total. The molecule has 0 spiro atoms. The van der Waals surface area contributed by atoms with E-state index in [1.165, 1.54) is 0 Å². The predicted molar refractivity (Wildman–Crippen MR) is 62.2 cm³/mol. The molecule has 2 N–H and O–H groups in total. The van der Waals surface area contributed by atoms with Crippen molar-refractivity contribution in [2.75, 3.05) is 11.9 Å². The van der Waals surface area contributed by atoms with Gasteiger partial charge in [-0.15, -0.1) is 0 Å². The van der Waals surface area contributed by atoms with Crippen molar-refractivity contribution in [3.05, 3.63) is 11.8 Å². The highest BCUT2D eigenvalue weighted by atomic mass is 16.1. The highest BCUT2D eigenvalue weighted by Gasteiger charge is 2.18. The number of rotatable bonds is 2. The summed E-state index contributed by atoms with van der Waals surface area (Å²) >= 11 is 0. The van der Waals surface area contributed by atoms with Crippen LogP contribution in [0.25, 0.3) is 0 Å². The van der Waals surface area contributed by atoms with E-state index < -0.39 is 0 Å². The molecule has 2 rings (SSSR count). The van der Waals surface area contributed by atoms with Crippen molar-refractivity contribution < 1.29 is 4.79 Å². The fraction of sp³-hybridized carbons (Fsp3) is 0.636. The maximum Gasteiger partial charge on any atom is 0.222 e. The molecule has 0 aromatic carbocycles. The predicted octanol–water partition coefficient (Wildman–Crippen LogP) is 0.809. The first-order valence-corrected chi connectivity index (χ1v) is 5.69. The number of amides is 1. The third kappa shape index (κ3) is 2.53. The Kier molecular flexibility index (Phi) is 3.12. The molecule has 1 aromatic heterocycles. The molecule has 5 heteroatoms. The number of aryl methyl sites for hydroxylation is 2. The molecule has 0 radical (unpaired) electrons. The first-order chi connectivity index (χ1) is 7.65. The molecule has 0 bridgehead atoms. The first kappa shape index (κ1) is 11.0. The van der Waals surface area contributed by atoms with Gasteiger partial charge in [0.05, 0.1) is 5.69 Å². The molecule has 1 aromatic rings. The largest absolute Gasteiger partial charge is 0.367 e. The summed E-state index contributed by atoms with van der Waals surface area (Å²) in [6.45, 7) is 2.76. The summed E-state index contributed by atoms with van der Waals surface area (Å²) in [6, 6.07) is 2.22. The number of carbonyl (C=O) groups excluding carboxylic acids is 1. The topological polar surface area (TPSA) is 58.9 Å². The lowest BCUT2D eigenvalue weighted by molar-refractivity contribution is -0.120. The molecule has 1 aliphatic heterocycles. The van der Waals surface area contributed by atoms with E-state index in [1.807, 2.05) is 24.7 Å². The van der Waals surface area contributed by atoms with Crippen LogP contribution in [0.3, 0.4) is 0 Å². The van der Waals surface area contributed by atoms with E-state index in [1.54, 1.807) is 0 Å². The van der Waals surface area contributed by atoms with Crippen LogP contribution in [0.1, 0.15) is 25.0 Å². The van der Waals surface area contributed by atoms with Crippen LogP contribution in [0.5, 0.6) is 0 Å². The Morgan fingerprint density at radius 1 is 1.62 bits per heavy atom. The van der Waals surface area contributed by atoms with Crippen molar-refractivity contribution in [2.45, 2.75) is 32.2 Å². The number of nitrogens with one attached hydrogen (secondary N) is 2. The molecule has 0 saturated carbocycles. The van der Waals surface area contributed by atoms with Gasteiger partial charge in [0.2, 0.25) is 5.91 Å². The van der Waals surface area contributed by atoms with Gasteiger partial charge in [-0.25, -0.2) is 0 Å². The third-order valence-electron chi connectivity index (χ3n) is 2.84. The molecule has 2 heterocycles. The van der Waals surface area contributed by atoms with E-state index in [9.17, 15) is 4.79 Å². The zero-order valence-electron chi connectivity index (χ0n) is 9.79. The van der Waals surface area contributed by atoms with E-state index in [4.69, 9.17) is 0 Å². The van der Waals surface area contributed by atoms with Gasteiger partial charge in [-0.1, -0.05) is 0 Å². The van der Waals surface area contributed by atoms with Gasteiger partial charge in [-0.3, -0.25) is 9.48 Å². The van der Waals surface area contributed by atoms with E-state index >= 15 is 0 Å². The number of carbonyl (C=O) groups is 1. The summed E-state index contributed by atoms with van der Waals surface area (Å²) in [5.41, 5.74) is 0.989. The fourth-order valence-electron chi connectivity index (χ4n) is 2.05. The normalized spacial score (nSPS) is 21.4. The van der Waals surface area contributed by atoms with Crippen LogP contribution < -0.4 is 10.6 Å². The van der Waals surface area contributed by atoms with E-state index in [0.29, 0.717) is 6.42 Å². The smallest absolute Gasteiger partial charge is 0.222 e. The van der Waals surface area contributed by atoms with Crippen molar-refractivity contribution in [1.29, 1.82) is 0 Å². The average molecular weight is 222 g/mol. The summed E-state index contributed by atoms with van der Waals surface area (Å²) in [5, 5.41) is 10.5. The lowest BCUT2D eigenvalue weighted by Gasteiger charge is -2.16.